The number of hydrogen-bond acceptors (Lipinski definition) is 3. The standard InChI is InChI=1S/C13H16N2O2S/c1-8(12(14)18)15-13(16)10-6-9-4-2-3-5-11(9)17-7-10/h2-5,8,10H,6-7H2,1H3,(H2,14,18)(H,15,16). The van der Waals surface area contributed by atoms with Crippen LogP contribution in [0.3, 0.4) is 0 Å². The van der Waals surface area contributed by atoms with Crippen LogP contribution in [0.15, 0.2) is 24.3 Å². The van der Waals surface area contributed by atoms with Crippen molar-refractivity contribution in [3.63, 3.8) is 0 Å². The van der Waals surface area contributed by atoms with Gasteiger partial charge in [-0.05, 0) is 25.0 Å². The number of thiocarbonyl (C=S) groups is 1. The zero-order valence-corrected chi connectivity index (χ0v) is 11.0. The third-order valence-corrected chi connectivity index (χ3v) is 3.39. The molecule has 0 bridgehead atoms. The molecule has 1 aromatic carbocycles. The molecule has 2 rings (SSSR count). The number of amides is 1. The number of hydrogen-bond donors (Lipinski definition) is 2. The summed E-state index contributed by atoms with van der Waals surface area (Å²) < 4.78 is 5.57. The summed E-state index contributed by atoms with van der Waals surface area (Å²) in [6.07, 6.45) is 0.687. The highest BCUT2D eigenvalue weighted by Crippen LogP contribution is 2.26. The minimum absolute atomic E-state index is 0.0650. The molecular formula is C13H16N2O2S. The minimum atomic E-state index is -0.287. The van der Waals surface area contributed by atoms with Crippen LogP contribution in [0.4, 0.5) is 0 Å². The van der Waals surface area contributed by atoms with Crippen molar-refractivity contribution >= 4 is 23.1 Å². The number of para-hydroxylation sites is 1. The normalized spacial score (nSPS) is 19.3. The summed E-state index contributed by atoms with van der Waals surface area (Å²) in [6.45, 7) is 2.17. The average Bonchev–Trinajstić information content (AvgIpc) is 2.37. The molecule has 0 saturated carbocycles. The van der Waals surface area contributed by atoms with Gasteiger partial charge >= 0.3 is 0 Å². The molecule has 4 nitrogen and oxygen atoms in total. The highest BCUT2D eigenvalue weighted by molar-refractivity contribution is 7.80. The highest BCUT2D eigenvalue weighted by Gasteiger charge is 2.26. The Bertz CT molecular complexity index is 476. The Balaban J connectivity index is 2.00. The van der Waals surface area contributed by atoms with E-state index in [4.69, 9.17) is 22.7 Å². The number of ether oxygens (including phenoxy) is 1. The molecule has 0 aromatic heterocycles. The zero-order valence-electron chi connectivity index (χ0n) is 10.2. The largest absolute Gasteiger partial charge is 0.492 e. The van der Waals surface area contributed by atoms with Gasteiger partial charge in [-0.25, -0.2) is 0 Å². The fraction of sp³-hybridized carbons (Fsp3) is 0.385. The van der Waals surface area contributed by atoms with Crippen LogP contribution >= 0.6 is 12.2 Å². The SMILES string of the molecule is CC(NC(=O)C1COc2ccccc2C1)C(N)=S. The number of carbonyl (C=O) groups excluding carboxylic acids is 1. The first kappa shape index (κ1) is 12.8. The van der Waals surface area contributed by atoms with Crippen molar-refractivity contribution in [3.05, 3.63) is 29.8 Å². The van der Waals surface area contributed by atoms with Crippen LogP contribution in [0, 0.1) is 5.92 Å². The van der Waals surface area contributed by atoms with Gasteiger partial charge in [-0.1, -0.05) is 30.4 Å². The predicted octanol–water partition coefficient (Wildman–Crippen LogP) is 1.03. The summed E-state index contributed by atoms with van der Waals surface area (Å²) in [7, 11) is 0. The van der Waals surface area contributed by atoms with Crippen molar-refractivity contribution in [2.45, 2.75) is 19.4 Å². The molecule has 1 amide bonds. The van der Waals surface area contributed by atoms with Crippen molar-refractivity contribution in [1.82, 2.24) is 5.32 Å². The molecule has 1 aromatic rings. The molecule has 0 aliphatic carbocycles. The molecule has 2 unspecified atom stereocenters. The minimum Gasteiger partial charge on any atom is -0.492 e. The monoisotopic (exact) mass is 264 g/mol. The first-order valence-electron chi connectivity index (χ1n) is 5.88. The molecule has 0 radical (unpaired) electrons. The molecular weight excluding hydrogens is 248 g/mol. The third kappa shape index (κ3) is 2.79. The van der Waals surface area contributed by atoms with Gasteiger partial charge in [0, 0.05) is 0 Å². The van der Waals surface area contributed by atoms with Gasteiger partial charge in [-0.2, -0.15) is 0 Å². The molecule has 5 heteroatoms. The van der Waals surface area contributed by atoms with Crippen LogP contribution in [-0.4, -0.2) is 23.5 Å². The second-order valence-electron chi connectivity index (χ2n) is 4.45. The predicted molar refractivity (Wildman–Crippen MR) is 73.5 cm³/mol. The van der Waals surface area contributed by atoms with E-state index in [1.165, 1.54) is 0 Å². The number of carbonyl (C=O) groups is 1. The lowest BCUT2D eigenvalue weighted by Gasteiger charge is -2.25. The van der Waals surface area contributed by atoms with E-state index in [2.05, 4.69) is 5.32 Å². The van der Waals surface area contributed by atoms with Crippen molar-refractivity contribution in [3.8, 4) is 5.75 Å². The van der Waals surface area contributed by atoms with Gasteiger partial charge in [0.25, 0.3) is 0 Å². The van der Waals surface area contributed by atoms with E-state index in [-0.39, 0.29) is 17.9 Å². The number of fused-ring (bicyclic) bond motifs is 1. The van der Waals surface area contributed by atoms with Crippen molar-refractivity contribution < 1.29 is 9.53 Å². The number of nitrogens with two attached hydrogens (primary N) is 1. The zero-order chi connectivity index (χ0) is 13.1. The van der Waals surface area contributed by atoms with E-state index in [1.54, 1.807) is 6.92 Å². The maximum atomic E-state index is 12.0. The van der Waals surface area contributed by atoms with Gasteiger partial charge in [0.2, 0.25) is 5.91 Å². The van der Waals surface area contributed by atoms with Gasteiger partial charge in [-0.15, -0.1) is 0 Å². The quantitative estimate of drug-likeness (QED) is 0.800. The lowest BCUT2D eigenvalue weighted by Crippen LogP contribution is -2.46. The van der Waals surface area contributed by atoms with Crippen LogP contribution in [0.1, 0.15) is 12.5 Å². The topological polar surface area (TPSA) is 64.3 Å². The number of nitrogens with one attached hydrogen (secondary N) is 1. The van der Waals surface area contributed by atoms with E-state index in [1.807, 2.05) is 24.3 Å². The van der Waals surface area contributed by atoms with Crippen LogP contribution in [-0.2, 0) is 11.2 Å². The second-order valence-corrected chi connectivity index (χ2v) is 4.92. The molecule has 0 fully saturated rings. The van der Waals surface area contributed by atoms with Gasteiger partial charge < -0.3 is 15.8 Å². The van der Waals surface area contributed by atoms with Crippen molar-refractivity contribution in [1.29, 1.82) is 0 Å². The van der Waals surface area contributed by atoms with E-state index >= 15 is 0 Å². The number of rotatable bonds is 3. The van der Waals surface area contributed by atoms with Crippen molar-refractivity contribution in [2.75, 3.05) is 6.61 Å². The smallest absolute Gasteiger partial charge is 0.227 e. The fourth-order valence-corrected chi connectivity index (χ4v) is 1.96. The van der Waals surface area contributed by atoms with Crippen LogP contribution < -0.4 is 15.8 Å². The Hall–Kier alpha value is -1.62. The summed E-state index contributed by atoms with van der Waals surface area (Å²) in [6, 6.07) is 7.48. The third-order valence-electron chi connectivity index (χ3n) is 3.04. The maximum absolute atomic E-state index is 12.0. The van der Waals surface area contributed by atoms with Crippen LogP contribution in [0.25, 0.3) is 0 Å². The van der Waals surface area contributed by atoms with Crippen molar-refractivity contribution in [2.24, 2.45) is 11.7 Å². The maximum Gasteiger partial charge on any atom is 0.227 e. The van der Waals surface area contributed by atoms with Gasteiger partial charge in [0.15, 0.2) is 0 Å². The second kappa shape index (κ2) is 5.35. The molecule has 2 atom stereocenters. The Morgan fingerprint density at radius 3 is 3.00 bits per heavy atom. The van der Waals surface area contributed by atoms with E-state index in [9.17, 15) is 4.79 Å². The Labute approximate surface area is 112 Å². The first-order valence-corrected chi connectivity index (χ1v) is 6.29. The number of benzene rings is 1. The molecule has 3 N–H and O–H groups in total. The van der Waals surface area contributed by atoms with Crippen LogP contribution in [0.5, 0.6) is 5.75 Å². The van der Waals surface area contributed by atoms with E-state index in [0.717, 1.165) is 11.3 Å². The van der Waals surface area contributed by atoms with Gasteiger partial charge in [-0.3, -0.25) is 4.79 Å². The lowest BCUT2D eigenvalue weighted by atomic mass is 9.96. The van der Waals surface area contributed by atoms with E-state index < -0.39 is 0 Å². The summed E-state index contributed by atoms with van der Waals surface area (Å²) in [5.41, 5.74) is 6.54. The summed E-state index contributed by atoms with van der Waals surface area (Å²) in [5.74, 6) is 0.616. The molecule has 96 valence electrons. The van der Waals surface area contributed by atoms with Gasteiger partial charge in [0.05, 0.1) is 16.9 Å². The molecule has 1 aliphatic rings. The Kier molecular flexibility index (Phi) is 3.81. The first-order chi connectivity index (χ1) is 8.58. The molecule has 0 saturated heterocycles. The average molecular weight is 264 g/mol. The fourth-order valence-electron chi connectivity index (χ4n) is 1.90. The molecule has 1 heterocycles. The Morgan fingerprint density at radius 1 is 1.56 bits per heavy atom. The molecule has 18 heavy (non-hydrogen) atoms. The highest BCUT2D eigenvalue weighted by atomic mass is 32.1. The van der Waals surface area contributed by atoms with Gasteiger partial charge in [0.1, 0.15) is 12.4 Å². The van der Waals surface area contributed by atoms with E-state index in [0.29, 0.717) is 18.0 Å². The van der Waals surface area contributed by atoms with Crippen LogP contribution in [0.2, 0.25) is 0 Å². The molecule has 0 spiro atoms. The molecule has 1 aliphatic heterocycles. The lowest BCUT2D eigenvalue weighted by molar-refractivity contribution is -0.126. The summed E-state index contributed by atoms with van der Waals surface area (Å²) in [5, 5.41) is 2.79. The Morgan fingerprint density at radius 2 is 2.28 bits per heavy atom. The summed E-state index contributed by atoms with van der Waals surface area (Å²) >= 11 is 4.83. The summed E-state index contributed by atoms with van der Waals surface area (Å²) in [4.78, 5) is 12.3.